The van der Waals surface area contributed by atoms with E-state index < -0.39 is 29.4 Å². The average Bonchev–Trinajstić information content (AvgIpc) is 3.16. The van der Waals surface area contributed by atoms with E-state index in [4.69, 9.17) is 4.42 Å². The quantitative estimate of drug-likeness (QED) is 0.519. The van der Waals surface area contributed by atoms with Crippen molar-refractivity contribution in [3.63, 3.8) is 0 Å². The number of alkyl halides is 3. The first-order valence-electron chi connectivity index (χ1n) is 7.88. The highest BCUT2D eigenvalue weighted by Crippen LogP contribution is 2.32. The molecule has 0 spiro atoms. The van der Waals surface area contributed by atoms with E-state index in [1.165, 1.54) is 36.4 Å². The zero-order valence-electron chi connectivity index (χ0n) is 14.0. The van der Waals surface area contributed by atoms with Crippen molar-refractivity contribution in [3.05, 3.63) is 83.4 Å². The summed E-state index contributed by atoms with van der Waals surface area (Å²) < 4.78 is 56.5. The molecule has 28 heavy (non-hydrogen) atoms. The average molecular weight is 392 g/mol. The van der Waals surface area contributed by atoms with E-state index in [9.17, 15) is 27.2 Å². The molecule has 2 N–H and O–H groups in total. The van der Waals surface area contributed by atoms with Crippen LogP contribution >= 0.6 is 0 Å². The van der Waals surface area contributed by atoms with Gasteiger partial charge in [0, 0.05) is 11.1 Å². The minimum atomic E-state index is -4.51. The number of carbonyl (C=O) groups excluding carboxylic acids is 2. The third kappa shape index (κ3) is 4.37. The largest absolute Gasteiger partial charge is 0.451 e. The molecule has 0 aliphatic rings. The van der Waals surface area contributed by atoms with Gasteiger partial charge in [0.2, 0.25) is 0 Å². The second-order valence-electron chi connectivity index (χ2n) is 5.66. The second kappa shape index (κ2) is 7.55. The molecule has 144 valence electrons. The molecular formula is C19H12F4N2O3. The maximum Gasteiger partial charge on any atom is 0.416 e. The molecule has 0 saturated heterocycles. The van der Waals surface area contributed by atoms with Crippen molar-refractivity contribution < 1.29 is 31.6 Å². The van der Waals surface area contributed by atoms with Gasteiger partial charge in [0.25, 0.3) is 5.91 Å². The first-order chi connectivity index (χ1) is 13.2. The first kappa shape index (κ1) is 19.2. The number of hydrazine groups is 1. The van der Waals surface area contributed by atoms with E-state index in [1.807, 2.05) is 0 Å². The monoisotopic (exact) mass is 392 g/mol. The molecule has 0 unspecified atom stereocenters. The van der Waals surface area contributed by atoms with Gasteiger partial charge in [-0.1, -0.05) is 12.1 Å². The third-order valence-corrected chi connectivity index (χ3v) is 3.70. The van der Waals surface area contributed by atoms with E-state index in [0.29, 0.717) is 0 Å². The lowest BCUT2D eigenvalue weighted by Crippen LogP contribution is -2.41. The van der Waals surface area contributed by atoms with Crippen molar-refractivity contribution in [2.45, 2.75) is 6.18 Å². The van der Waals surface area contributed by atoms with Crippen LogP contribution in [0.5, 0.6) is 0 Å². The van der Waals surface area contributed by atoms with Crippen molar-refractivity contribution >= 4 is 11.8 Å². The molecule has 5 nitrogen and oxygen atoms in total. The topological polar surface area (TPSA) is 71.3 Å². The Balaban J connectivity index is 1.67. The maximum absolute atomic E-state index is 12.8. The van der Waals surface area contributed by atoms with Crippen LogP contribution in [0.2, 0.25) is 0 Å². The van der Waals surface area contributed by atoms with Gasteiger partial charge in [0.1, 0.15) is 11.6 Å². The predicted molar refractivity (Wildman–Crippen MR) is 90.5 cm³/mol. The van der Waals surface area contributed by atoms with Crippen LogP contribution in [0, 0.1) is 5.82 Å². The number of hydrogen-bond donors (Lipinski definition) is 2. The molecule has 2 amide bonds. The van der Waals surface area contributed by atoms with Crippen molar-refractivity contribution in [1.29, 1.82) is 0 Å². The summed E-state index contributed by atoms with van der Waals surface area (Å²) in [5.41, 5.74) is 3.64. The normalized spacial score (nSPS) is 11.1. The Labute approximate surface area is 155 Å². The number of nitrogens with one attached hydrogen (secondary N) is 2. The van der Waals surface area contributed by atoms with Crippen LogP contribution < -0.4 is 10.9 Å². The molecule has 3 aromatic rings. The molecule has 0 saturated carbocycles. The molecule has 2 aromatic carbocycles. The fraction of sp³-hybridized carbons (Fsp3) is 0.0526. The number of carbonyl (C=O) groups is 2. The molecule has 0 aliphatic carbocycles. The lowest BCUT2D eigenvalue weighted by molar-refractivity contribution is -0.137. The van der Waals surface area contributed by atoms with Gasteiger partial charge in [-0.05, 0) is 48.5 Å². The van der Waals surface area contributed by atoms with E-state index in [0.717, 1.165) is 24.3 Å². The van der Waals surface area contributed by atoms with E-state index in [-0.39, 0.29) is 22.6 Å². The highest BCUT2D eigenvalue weighted by atomic mass is 19.4. The third-order valence-electron chi connectivity index (χ3n) is 3.70. The highest BCUT2D eigenvalue weighted by molar-refractivity contribution is 5.98. The molecule has 0 radical (unpaired) electrons. The summed E-state index contributed by atoms with van der Waals surface area (Å²) in [5.74, 6) is -2.17. The maximum atomic E-state index is 12.8. The molecule has 0 atom stereocenters. The number of amides is 2. The molecular weight excluding hydrogens is 380 g/mol. The zero-order chi connectivity index (χ0) is 20.3. The number of halogens is 4. The fourth-order valence-corrected chi connectivity index (χ4v) is 2.31. The van der Waals surface area contributed by atoms with Gasteiger partial charge in [-0.3, -0.25) is 20.4 Å². The van der Waals surface area contributed by atoms with Crippen LogP contribution in [0.3, 0.4) is 0 Å². The van der Waals surface area contributed by atoms with Crippen LogP contribution in [0.4, 0.5) is 17.6 Å². The lowest BCUT2D eigenvalue weighted by atomic mass is 10.1. The number of furan rings is 1. The smallest absolute Gasteiger partial charge is 0.416 e. The summed E-state index contributed by atoms with van der Waals surface area (Å²) in [4.78, 5) is 23.9. The van der Waals surface area contributed by atoms with Crippen molar-refractivity contribution in [2.24, 2.45) is 0 Å². The van der Waals surface area contributed by atoms with Gasteiger partial charge in [-0.25, -0.2) is 4.39 Å². The summed E-state index contributed by atoms with van der Waals surface area (Å²) >= 11 is 0. The number of rotatable bonds is 3. The minimum absolute atomic E-state index is 0.0566. The second-order valence-corrected chi connectivity index (χ2v) is 5.66. The van der Waals surface area contributed by atoms with E-state index in [2.05, 4.69) is 10.9 Å². The molecule has 1 aromatic heterocycles. The van der Waals surface area contributed by atoms with Crippen LogP contribution in [-0.4, -0.2) is 11.8 Å². The first-order valence-corrected chi connectivity index (χ1v) is 7.88. The minimum Gasteiger partial charge on any atom is -0.451 e. The number of hydrogen-bond acceptors (Lipinski definition) is 3. The SMILES string of the molecule is O=C(NNC(=O)c1ccc(-c2cccc(C(F)(F)F)c2)o1)c1ccc(F)cc1. The molecule has 0 aliphatic heterocycles. The molecule has 0 fully saturated rings. The zero-order valence-corrected chi connectivity index (χ0v) is 14.0. The predicted octanol–water partition coefficient (Wildman–Crippen LogP) is 4.18. The Hall–Kier alpha value is -3.62. The van der Waals surface area contributed by atoms with Crippen LogP contribution in [0.1, 0.15) is 26.5 Å². The Bertz CT molecular complexity index is 1010. The summed E-state index contributed by atoms with van der Waals surface area (Å²) in [5, 5.41) is 0. The summed E-state index contributed by atoms with van der Waals surface area (Å²) in [7, 11) is 0. The molecule has 3 rings (SSSR count). The Kier molecular flexibility index (Phi) is 5.16. The summed E-state index contributed by atoms with van der Waals surface area (Å²) in [6.45, 7) is 0. The van der Waals surface area contributed by atoms with Gasteiger partial charge in [-0.2, -0.15) is 13.2 Å². The van der Waals surface area contributed by atoms with Crippen molar-refractivity contribution in [2.75, 3.05) is 0 Å². The number of benzene rings is 2. The van der Waals surface area contributed by atoms with Crippen molar-refractivity contribution in [3.8, 4) is 11.3 Å². The molecule has 9 heteroatoms. The Morgan fingerprint density at radius 2 is 1.54 bits per heavy atom. The van der Waals surface area contributed by atoms with Gasteiger partial charge in [0.05, 0.1) is 5.56 Å². The van der Waals surface area contributed by atoms with Crippen LogP contribution in [-0.2, 0) is 6.18 Å². The van der Waals surface area contributed by atoms with E-state index in [1.54, 1.807) is 0 Å². The van der Waals surface area contributed by atoms with Gasteiger partial charge >= 0.3 is 12.1 Å². The van der Waals surface area contributed by atoms with Gasteiger partial charge in [0.15, 0.2) is 5.76 Å². The van der Waals surface area contributed by atoms with Crippen molar-refractivity contribution in [1.82, 2.24) is 10.9 Å². The summed E-state index contributed by atoms with van der Waals surface area (Å²) in [6.07, 6.45) is -4.51. The Morgan fingerprint density at radius 3 is 2.21 bits per heavy atom. The molecule has 0 bridgehead atoms. The highest BCUT2D eigenvalue weighted by Gasteiger charge is 2.30. The van der Waals surface area contributed by atoms with Crippen LogP contribution in [0.15, 0.2) is 65.1 Å². The van der Waals surface area contributed by atoms with Crippen LogP contribution in [0.25, 0.3) is 11.3 Å². The lowest BCUT2D eigenvalue weighted by Gasteiger charge is -2.07. The standard InChI is InChI=1S/C19H12F4N2O3/c20-14-6-4-11(5-7-14)17(26)24-25-18(27)16-9-8-15(28-16)12-2-1-3-13(10-12)19(21,22)23/h1-10H,(H,24,26)(H,25,27). The van der Waals surface area contributed by atoms with E-state index >= 15 is 0 Å². The fourth-order valence-electron chi connectivity index (χ4n) is 2.31. The Morgan fingerprint density at radius 1 is 0.857 bits per heavy atom. The molecule has 1 heterocycles. The summed E-state index contributed by atoms with van der Waals surface area (Å²) in [6, 6.07) is 11.7. The van der Waals surface area contributed by atoms with Gasteiger partial charge < -0.3 is 4.42 Å². The van der Waals surface area contributed by atoms with Gasteiger partial charge in [-0.15, -0.1) is 0 Å².